The molecule has 0 unspecified atom stereocenters. The minimum Gasteiger partial charge on any atom is -0.493 e. The highest BCUT2D eigenvalue weighted by Crippen LogP contribution is 2.34. The first-order chi connectivity index (χ1) is 21.0. The number of benzene rings is 3. The lowest BCUT2D eigenvalue weighted by molar-refractivity contribution is -0.384. The third-order valence-corrected chi connectivity index (χ3v) is 7.39. The predicted molar refractivity (Wildman–Crippen MR) is 158 cm³/mol. The fourth-order valence-corrected chi connectivity index (χ4v) is 5.11. The van der Waals surface area contributed by atoms with E-state index in [2.05, 4.69) is 37.4 Å². The zero-order valence-corrected chi connectivity index (χ0v) is 23.7. The van der Waals surface area contributed by atoms with Crippen molar-refractivity contribution >= 4 is 5.69 Å². The zero-order chi connectivity index (χ0) is 29.8. The Morgan fingerprint density at radius 1 is 0.907 bits per heavy atom. The number of tetrazole rings is 1. The molecular weight excluding hydrogens is 550 g/mol. The first kappa shape index (κ1) is 27.8. The average molecular weight is 580 g/mol. The molecule has 1 aliphatic rings. The summed E-state index contributed by atoms with van der Waals surface area (Å²) in [6, 6.07) is 19.9. The molecule has 0 radical (unpaired) electrons. The van der Waals surface area contributed by atoms with Crippen molar-refractivity contribution in [2.45, 2.75) is 19.4 Å². The van der Waals surface area contributed by atoms with Gasteiger partial charge < -0.3 is 14.2 Å². The molecular formula is C31H29N7O5. The Kier molecular flexibility index (Phi) is 7.92. The molecule has 6 rings (SSSR count). The molecule has 0 N–H and O–H groups in total. The summed E-state index contributed by atoms with van der Waals surface area (Å²) in [7, 11) is 3.32. The van der Waals surface area contributed by atoms with Crippen LogP contribution in [0.4, 0.5) is 5.69 Å². The van der Waals surface area contributed by atoms with Crippen molar-refractivity contribution in [3.05, 3.63) is 106 Å². The van der Waals surface area contributed by atoms with Gasteiger partial charge in [-0.1, -0.05) is 12.1 Å². The average Bonchev–Trinajstić information content (AvgIpc) is 3.54. The van der Waals surface area contributed by atoms with E-state index in [1.54, 1.807) is 38.7 Å². The minimum atomic E-state index is -0.477. The van der Waals surface area contributed by atoms with Gasteiger partial charge in [0.1, 0.15) is 17.1 Å². The first-order valence-electron chi connectivity index (χ1n) is 13.7. The molecule has 12 heteroatoms. The van der Waals surface area contributed by atoms with Crippen LogP contribution in [0, 0.1) is 10.1 Å². The summed E-state index contributed by atoms with van der Waals surface area (Å²) in [5.41, 5.74) is 4.51. The number of ether oxygens (including phenoxy) is 3. The van der Waals surface area contributed by atoms with E-state index in [4.69, 9.17) is 14.2 Å². The quantitative estimate of drug-likeness (QED) is 0.164. The van der Waals surface area contributed by atoms with Crippen LogP contribution in [0.25, 0.3) is 17.1 Å². The molecule has 0 saturated carbocycles. The lowest BCUT2D eigenvalue weighted by Crippen LogP contribution is -2.32. The van der Waals surface area contributed by atoms with Crippen LogP contribution in [0.5, 0.6) is 23.0 Å². The largest absolute Gasteiger partial charge is 0.493 e. The lowest BCUT2D eigenvalue weighted by Gasteiger charge is -2.29. The summed E-state index contributed by atoms with van der Waals surface area (Å²) >= 11 is 0. The van der Waals surface area contributed by atoms with Gasteiger partial charge in [0.2, 0.25) is 5.82 Å². The highest BCUT2D eigenvalue weighted by atomic mass is 16.6. The predicted octanol–water partition coefficient (Wildman–Crippen LogP) is 5.04. The molecule has 0 amide bonds. The van der Waals surface area contributed by atoms with Gasteiger partial charge in [0.05, 0.1) is 24.8 Å². The number of hydrogen-bond acceptors (Lipinski definition) is 10. The van der Waals surface area contributed by atoms with E-state index < -0.39 is 4.92 Å². The maximum Gasteiger partial charge on any atom is 0.280 e. The Hall–Kier alpha value is -5.36. The second-order valence-electron chi connectivity index (χ2n) is 10.0. The van der Waals surface area contributed by atoms with Crippen molar-refractivity contribution in [1.29, 1.82) is 0 Å². The molecule has 0 fully saturated rings. The second kappa shape index (κ2) is 12.2. The summed E-state index contributed by atoms with van der Waals surface area (Å²) in [5.74, 6) is 2.60. The third kappa shape index (κ3) is 6.14. The van der Waals surface area contributed by atoms with E-state index in [0.29, 0.717) is 17.2 Å². The summed E-state index contributed by atoms with van der Waals surface area (Å²) in [4.78, 5) is 19.0. The molecule has 12 nitrogen and oxygen atoms in total. The number of nitrogens with zero attached hydrogens (tertiary/aromatic N) is 7. The van der Waals surface area contributed by atoms with Gasteiger partial charge in [0.15, 0.2) is 11.5 Å². The van der Waals surface area contributed by atoms with Gasteiger partial charge in [-0.2, -0.15) is 0 Å². The Bertz CT molecular complexity index is 1740. The van der Waals surface area contributed by atoms with E-state index in [9.17, 15) is 10.1 Å². The normalized spacial score (nSPS) is 12.9. The second-order valence-corrected chi connectivity index (χ2v) is 10.0. The topological polar surface area (TPSA) is 131 Å². The van der Waals surface area contributed by atoms with E-state index in [-0.39, 0.29) is 17.1 Å². The van der Waals surface area contributed by atoms with Crippen molar-refractivity contribution in [3.63, 3.8) is 0 Å². The van der Waals surface area contributed by atoms with Gasteiger partial charge in [0, 0.05) is 38.1 Å². The van der Waals surface area contributed by atoms with Gasteiger partial charge >= 0.3 is 0 Å². The molecule has 3 heterocycles. The fourth-order valence-electron chi connectivity index (χ4n) is 5.11. The molecule has 218 valence electrons. The molecule has 1 aliphatic heterocycles. The van der Waals surface area contributed by atoms with Crippen molar-refractivity contribution in [3.8, 4) is 40.1 Å². The Balaban J connectivity index is 1.13. The summed E-state index contributed by atoms with van der Waals surface area (Å²) < 4.78 is 16.8. The van der Waals surface area contributed by atoms with Crippen LogP contribution in [0.15, 0.2) is 79.1 Å². The number of hydrogen-bond donors (Lipinski definition) is 0. The number of methoxy groups -OCH3 is 2. The molecule has 0 bridgehead atoms. The van der Waals surface area contributed by atoms with Crippen LogP contribution in [0.2, 0.25) is 0 Å². The maximum atomic E-state index is 11.7. The minimum absolute atomic E-state index is 0.121. The third-order valence-electron chi connectivity index (χ3n) is 7.39. The van der Waals surface area contributed by atoms with Crippen molar-refractivity contribution < 1.29 is 19.1 Å². The number of nitro groups is 1. The van der Waals surface area contributed by atoms with Crippen LogP contribution in [-0.4, -0.2) is 62.3 Å². The van der Waals surface area contributed by atoms with E-state index in [1.165, 1.54) is 39.7 Å². The van der Waals surface area contributed by atoms with Crippen LogP contribution >= 0.6 is 0 Å². The number of nitro benzene ring substituents is 1. The van der Waals surface area contributed by atoms with Gasteiger partial charge in [-0.05, 0) is 83.3 Å². The van der Waals surface area contributed by atoms with Crippen LogP contribution in [-0.2, 0) is 19.4 Å². The van der Waals surface area contributed by atoms with Crippen molar-refractivity contribution in [1.82, 2.24) is 30.1 Å². The SMILES string of the molecule is COc1cc2c(cc1OC)CN(CCc1ccc(-n3nnc(-c4cc(Oc5ccncc5)ccc4[N+](=O)[O-])n3)cc1)CC2. The van der Waals surface area contributed by atoms with Crippen LogP contribution in [0.1, 0.15) is 16.7 Å². The summed E-state index contributed by atoms with van der Waals surface area (Å²) in [6.45, 7) is 2.76. The molecule has 3 aromatic carbocycles. The molecule has 2 aromatic heterocycles. The van der Waals surface area contributed by atoms with Gasteiger partial charge in [0.25, 0.3) is 5.69 Å². The van der Waals surface area contributed by atoms with E-state index >= 15 is 0 Å². The first-order valence-corrected chi connectivity index (χ1v) is 13.7. The lowest BCUT2D eigenvalue weighted by atomic mass is 9.98. The van der Waals surface area contributed by atoms with Crippen LogP contribution < -0.4 is 14.2 Å². The number of rotatable bonds is 10. The number of fused-ring (bicyclic) bond motifs is 1. The Morgan fingerprint density at radius 2 is 1.65 bits per heavy atom. The van der Waals surface area contributed by atoms with E-state index in [1.807, 2.05) is 24.3 Å². The van der Waals surface area contributed by atoms with Gasteiger partial charge in [-0.25, -0.2) is 0 Å². The molecule has 43 heavy (non-hydrogen) atoms. The van der Waals surface area contributed by atoms with Crippen molar-refractivity contribution in [2.24, 2.45) is 0 Å². The molecule has 0 atom stereocenters. The van der Waals surface area contributed by atoms with E-state index in [0.717, 1.165) is 44.0 Å². The maximum absolute atomic E-state index is 11.7. The van der Waals surface area contributed by atoms with Gasteiger partial charge in [-0.15, -0.1) is 15.0 Å². The smallest absolute Gasteiger partial charge is 0.280 e. The molecule has 0 saturated heterocycles. The standard InChI is InChI=1S/C31H29N7O5/c1-41-29-17-22-12-16-36(20-23(22)18-30(29)42-2)15-11-21-3-5-24(6-4-21)37-34-31(33-35-37)27-19-26(7-8-28(27)38(39)40)43-25-9-13-32-14-10-25/h3-10,13-14,17-19H,11-12,15-16,20H2,1-2H3. The number of aromatic nitrogens is 5. The summed E-state index contributed by atoms with van der Waals surface area (Å²) in [5, 5.41) is 24.4. The highest BCUT2D eigenvalue weighted by Gasteiger charge is 2.22. The monoisotopic (exact) mass is 579 g/mol. The number of pyridine rings is 1. The summed E-state index contributed by atoms with van der Waals surface area (Å²) in [6.07, 6.45) is 5.05. The Labute approximate surface area is 247 Å². The molecule has 0 aliphatic carbocycles. The zero-order valence-electron chi connectivity index (χ0n) is 23.7. The Morgan fingerprint density at radius 3 is 2.37 bits per heavy atom. The molecule has 5 aromatic rings. The van der Waals surface area contributed by atoms with Crippen LogP contribution in [0.3, 0.4) is 0 Å². The van der Waals surface area contributed by atoms with Crippen molar-refractivity contribution in [2.75, 3.05) is 27.3 Å². The highest BCUT2D eigenvalue weighted by molar-refractivity contribution is 5.69. The fraction of sp³-hybridized carbons (Fsp3) is 0.226. The van der Waals surface area contributed by atoms with Gasteiger partial charge in [-0.3, -0.25) is 20.0 Å². The molecule has 0 spiro atoms.